The Morgan fingerprint density at radius 2 is 2.00 bits per heavy atom. The molecule has 1 aromatic carbocycles. The van der Waals surface area contributed by atoms with Gasteiger partial charge in [-0.15, -0.1) is 0 Å². The monoisotopic (exact) mass is 280 g/mol. The summed E-state index contributed by atoms with van der Waals surface area (Å²) in [6.45, 7) is 0.161. The van der Waals surface area contributed by atoms with Crippen molar-refractivity contribution < 1.29 is 13.6 Å². The Hall–Kier alpha value is -0.910. The molecule has 7 heteroatoms. The normalized spacial score (nSPS) is 20.2. The van der Waals surface area contributed by atoms with Crippen LogP contribution in [-0.2, 0) is 4.79 Å². The third-order valence-electron chi connectivity index (χ3n) is 2.53. The standard InChI is InChI=1S/C10H8Cl2F2N2O/c11-5-2-6(10(14)8(12)9(5)13)16-3-4(15)1-7(16)17/h2,4H,1,3,15H2. The number of rotatable bonds is 1. The molecule has 0 aromatic heterocycles. The van der Waals surface area contributed by atoms with Crippen LogP contribution in [0.4, 0.5) is 14.5 Å². The van der Waals surface area contributed by atoms with Gasteiger partial charge in [-0.25, -0.2) is 8.78 Å². The van der Waals surface area contributed by atoms with Crippen LogP contribution in [-0.4, -0.2) is 18.5 Å². The van der Waals surface area contributed by atoms with Crippen molar-refractivity contribution in [2.45, 2.75) is 12.5 Å². The van der Waals surface area contributed by atoms with Crippen LogP contribution in [0.15, 0.2) is 6.07 Å². The second-order valence-corrected chi connectivity index (χ2v) is 4.57. The third-order valence-corrected chi connectivity index (χ3v) is 3.14. The molecule has 0 bridgehead atoms. The Bertz CT molecular complexity index is 496. The van der Waals surface area contributed by atoms with Gasteiger partial charge in [0, 0.05) is 19.0 Å². The molecule has 17 heavy (non-hydrogen) atoms. The van der Waals surface area contributed by atoms with Gasteiger partial charge >= 0.3 is 0 Å². The maximum atomic E-state index is 13.7. The van der Waals surface area contributed by atoms with Crippen LogP contribution < -0.4 is 10.6 Å². The van der Waals surface area contributed by atoms with Crippen LogP contribution in [0.5, 0.6) is 0 Å². The summed E-state index contributed by atoms with van der Waals surface area (Å²) in [7, 11) is 0. The van der Waals surface area contributed by atoms with Crippen LogP contribution in [0, 0.1) is 11.6 Å². The third kappa shape index (κ3) is 2.10. The lowest BCUT2D eigenvalue weighted by Gasteiger charge is -2.18. The number of amides is 1. The van der Waals surface area contributed by atoms with Crippen molar-refractivity contribution in [1.29, 1.82) is 0 Å². The maximum Gasteiger partial charge on any atom is 0.228 e. The number of halogens is 4. The predicted octanol–water partition coefficient (Wildman–Crippen LogP) is 2.34. The number of anilines is 1. The lowest BCUT2D eigenvalue weighted by Crippen LogP contribution is -2.28. The first-order valence-corrected chi connectivity index (χ1v) is 5.56. The molecule has 3 nitrogen and oxygen atoms in total. The van der Waals surface area contributed by atoms with Crippen molar-refractivity contribution >= 4 is 34.8 Å². The Morgan fingerprint density at radius 1 is 1.35 bits per heavy atom. The van der Waals surface area contributed by atoms with Crippen molar-refractivity contribution in [3.63, 3.8) is 0 Å². The Kier molecular flexibility index (Phi) is 3.25. The highest BCUT2D eigenvalue weighted by Crippen LogP contribution is 2.35. The fraction of sp³-hybridized carbons (Fsp3) is 0.300. The fourth-order valence-corrected chi connectivity index (χ4v) is 2.17. The van der Waals surface area contributed by atoms with Crippen molar-refractivity contribution in [2.75, 3.05) is 11.4 Å². The number of carbonyl (C=O) groups excluding carboxylic acids is 1. The molecule has 1 saturated heterocycles. The number of carbonyl (C=O) groups is 1. The Morgan fingerprint density at radius 3 is 2.53 bits per heavy atom. The highest BCUT2D eigenvalue weighted by atomic mass is 35.5. The molecule has 1 amide bonds. The lowest BCUT2D eigenvalue weighted by molar-refractivity contribution is -0.117. The van der Waals surface area contributed by atoms with Gasteiger partial charge in [0.05, 0.1) is 10.7 Å². The summed E-state index contributed by atoms with van der Waals surface area (Å²) in [6.07, 6.45) is 0.117. The first kappa shape index (κ1) is 12.5. The van der Waals surface area contributed by atoms with Crippen molar-refractivity contribution in [2.24, 2.45) is 5.73 Å². The first-order chi connectivity index (χ1) is 7.91. The van der Waals surface area contributed by atoms with Crippen molar-refractivity contribution in [3.8, 4) is 0 Å². The van der Waals surface area contributed by atoms with E-state index in [1.165, 1.54) is 0 Å². The molecule has 2 rings (SSSR count). The number of nitrogens with zero attached hydrogens (tertiary/aromatic N) is 1. The van der Waals surface area contributed by atoms with E-state index < -0.39 is 16.7 Å². The number of hydrogen-bond acceptors (Lipinski definition) is 2. The SMILES string of the molecule is NC1CC(=O)N(c2cc(Cl)c(F)c(Cl)c2F)C1. The van der Waals surface area contributed by atoms with Gasteiger partial charge in [0.2, 0.25) is 5.91 Å². The van der Waals surface area contributed by atoms with E-state index in [0.717, 1.165) is 11.0 Å². The maximum absolute atomic E-state index is 13.7. The zero-order valence-electron chi connectivity index (χ0n) is 8.51. The fourth-order valence-electron chi connectivity index (χ4n) is 1.72. The summed E-state index contributed by atoms with van der Waals surface area (Å²) in [6, 6.07) is 0.665. The van der Waals surface area contributed by atoms with Crippen molar-refractivity contribution in [1.82, 2.24) is 0 Å². The zero-order chi connectivity index (χ0) is 12.7. The van der Waals surface area contributed by atoms with E-state index >= 15 is 0 Å². The van der Waals surface area contributed by atoms with E-state index in [2.05, 4.69) is 0 Å². The van der Waals surface area contributed by atoms with E-state index in [1.807, 2.05) is 0 Å². The van der Waals surface area contributed by atoms with Crippen LogP contribution in [0.25, 0.3) is 0 Å². The summed E-state index contributed by atoms with van der Waals surface area (Å²) < 4.78 is 26.9. The Labute approximate surface area is 106 Å². The van der Waals surface area contributed by atoms with Gasteiger partial charge < -0.3 is 10.6 Å². The highest BCUT2D eigenvalue weighted by molar-refractivity contribution is 6.35. The largest absolute Gasteiger partial charge is 0.326 e. The smallest absolute Gasteiger partial charge is 0.228 e. The topological polar surface area (TPSA) is 46.3 Å². The first-order valence-electron chi connectivity index (χ1n) is 4.80. The summed E-state index contributed by atoms with van der Waals surface area (Å²) in [5.41, 5.74) is 5.44. The molecule has 1 unspecified atom stereocenters. The second-order valence-electron chi connectivity index (χ2n) is 3.79. The zero-order valence-corrected chi connectivity index (χ0v) is 10.0. The second kappa shape index (κ2) is 4.40. The molecule has 0 saturated carbocycles. The molecule has 1 atom stereocenters. The van der Waals surface area contributed by atoms with Gasteiger partial charge in [0.15, 0.2) is 11.6 Å². The van der Waals surface area contributed by atoms with E-state index in [9.17, 15) is 13.6 Å². The predicted molar refractivity (Wildman–Crippen MR) is 61.3 cm³/mol. The molecule has 1 fully saturated rings. The number of hydrogen-bond donors (Lipinski definition) is 1. The molecular formula is C10H8Cl2F2N2O. The molecule has 1 aliphatic rings. The molecule has 1 aromatic rings. The molecule has 0 spiro atoms. The summed E-state index contributed by atoms with van der Waals surface area (Å²) >= 11 is 11.0. The van der Waals surface area contributed by atoms with Gasteiger partial charge in [-0.05, 0) is 6.07 Å². The molecule has 92 valence electrons. The summed E-state index contributed by atoms with van der Waals surface area (Å²) in [4.78, 5) is 12.7. The lowest BCUT2D eigenvalue weighted by atomic mass is 10.2. The molecular weight excluding hydrogens is 273 g/mol. The van der Waals surface area contributed by atoms with Crippen LogP contribution >= 0.6 is 23.2 Å². The average Bonchev–Trinajstić information content (AvgIpc) is 2.60. The number of nitrogens with two attached hydrogens (primary N) is 1. The molecule has 0 radical (unpaired) electrons. The van der Waals surface area contributed by atoms with Gasteiger partial charge in [-0.1, -0.05) is 23.2 Å². The molecule has 0 aliphatic carbocycles. The van der Waals surface area contributed by atoms with E-state index in [1.54, 1.807) is 0 Å². The molecule has 1 aliphatic heterocycles. The van der Waals surface area contributed by atoms with E-state index in [4.69, 9.17) is 28.9 Å². The minimum atomic E-state index is -1.04. The van der Waals surface area contributed by atoms with Gasteiger partial charge in [-0.3, -0.25) is 4.79 Å². The number of benzene rings is 1. The summed E-state index contributed by atoms with van der Waals surface area (Å²) in [5, 5.41) is -1.06. The minimum Gasteiger partial charge on any atom is -0.326 e. The van der Waals surface area contributed by atoms with Gasteiger partial charge in [0.1, 0.15) is 5.02 Å². The highest BCUT2D eigenvalue weighted by Gasteiger charge is 2.31. The van der Waals surface area contributed by atoms with Crippen LogP contribution in [0.3, 0.4) is 0 Å². The van der Waals surface area contributed by atoms with Crippen molar-refractivity contribution in [3.05, 3.63) is 27.7 Å². The minimum absolute atomic E-state index is 0.117. The van der Waals surface area contributed by atoms with Gasteiger partial charge in [0.25, 0.3) is 0 Å². The van der Waals surface area contributed by atoms with Gasteiger partial charge in [-0.2, -0.15) is 0 Å². The quantitative estimate of drug-likeness (QED) is 0.634. The van der Waals surface area contributed by atoms with E-state index in [-0.39, 0.29) is 35.6 Å². The summed E-state index contributed by atoms with van der Waals surface area (Å²) in [5.74, 6) is -2.38. The van der Waals surface area contributed by atoms with E-state index in [0.29, 0.717) is 0 Å². The molecule has 1 heterocycles. The average molecular weight is 281 g/mol. The van der Waals surface area contributed by atoms with Crippen LogP contribution in [0.1, 0.15) is 6.42 Å². The van der Waals surface area contributed by atoms with Crippen LogP contribution in [0.2, 0.25) is 10.0 Å². The molecule has 2 N–H and O–H groups in total. The Balaban J connectivity index is 2.50.